The molecule has 1 aromatic carbocycles. The molecule has 0 saturated carbocycles. The lowest BCUT2D eigenvalue weighted by Gasteiger charge is -2.36. The molecule has 2 aliphatic rings. The number of amides is 1. The summed E-state index contributed by atoms with van der Waals surface area (Å²) >= 11 is 6.34. The van der Waals surface area contributed by atoms with Crippen molar-refractivity contribution >= 4 is 29.2 Å². The highest BCUT2D eigenvalue weighted by molar-refractivity contribution is 6.33. The summed E-state index contributed by atoms with van der Waals surface area (Å²) < 4.78 is 0. The molecule has 2 heterocycles. The van der Waals surface area contributed by atoms with Gasteiger partial charge >= 0.3 is 0 Å². The van der Waals surface area contributed by atoms with Gasteiger partial charge in [0.25, 0.3) is 0 Å². The van der Waals surface area contributed by atoms with Crippen LogP contribution in [0.5, 0.6) is 0 Å². The van der Waals surface area contributed by atoms with Crippen molar-refractivity contribution in [2.75, 3.05) is 63.8 Å². The van der Waals surface area contributed by atoms with Gasteiger partial charge in [0.1, 0.15) is 0 Å². The molecule has 1 atom stereocenters. The van der Waals surface area contributed by atoms with Gasteiger partial charge in [-0.1, -0.05) is 30.7 Å². The second kappa shape index (κ2) is 12.2. The van der Waals surface area contributed by atoms with E-state index in [2.05, 4.69) is 33.4 Å². The lowest BCUT2D eigenvalue weighted by Crippen LogP contribution is -2.47. The molecule has 31 heavy (non-hydrogen) atoms. The van der Waals surface area contributed by atoms with Crippen LogP contribution in [0.2, 0.25) is 5.02 Å². The minimum atomic E-state index is 0.237. The fourth-order valence-corrected chi connectivity index (χ4v) is 4.50. The molecule has 2 saturated heterocycles. The predicted molar refractivity (Wildman–Crippen MR) is 129 cm³/mol. The molecule has 0 aliphatic carbocycles. The lowest BCUT2D eigenvalue weighted by molar-refractivity contribution is -0.129. The number of nitrogens with one attached hydrogen (secondary N) is 2. The van der Waals surface area contributed by atoms with Crippen LogP contribution in [-0.4, -0.2) is 86.6 Å². The largest absolute Gasteiger partial charge is 0.368 e. The molecule has 0 spiro atoms. The third-order valence-electron chi connectivity index (χ3n) is 6.00. The molecule has 1 unspecified atom stereocenters. The zero-order chi connectivity index (χ0) is 22.1. The first-order chi connectivity index (χ1) is 15.1. The molecule has 1 aromatic rings. The second-order valence-corrected chi connectivity index (χ2v) is 8.62. The van der Waals surface area contributed by atoms with E-state index in [1.165, 1.54) is 0 Å². The van der Waals surface area contributed by atoms with Crippen molar-refractivity contribution in [1.82, 2.24) is 20.4 Å². The topological polar surface area (TPSA) is 63.2 Å². The number of aliphatic imine (C=N–C) groups is 1. The first kappa shape index (κ1) is 23.7. The highest BCUT2D eigenvalue weighted by Crippen LogP contribution is 2.26. The van der Waals surface area contributed by atoms with Crippen LogP contribution in [0.4, 0.5) is 5.69 Å². The zero-order valence-electron chi connectivity index (χ0n) is 18.9. The molecule has 2 N–H and O–H groups in total. The Morgan fingerprint density at radius 1 is 1.16 bits per heavy atom. The number of para-hydroxylation sites is 1. The van der Waals surface area contributed by atoms with Gasteiger partial charge in [0.15, 0.2) is 5.96 Å². The van der Waals surface area contributed by atoms with E-state index in [1.807, 2.05) is 30.0 Å². The number of carbonyl (C=O) groups excluding carboxylic acids is 1. The first-order valence-electron chi connectivity index (χ1n) is 11.6. The number of carbonyl (C=O) groups is 1. The molecule has 1 amide bonds. The standard InChI is InChI=1S/C23H37ClN6O/c1-3-22(31)30-13-10-19(18-30)27-23(25-4-2)26-11-7-12-28-14-16-29(17-15-28)21-9-6-5-8-20(21)24/h5-6,8-9,19H,3-4,7,10-18H2,1-2H3,(H2,25,26,27). The van der Waals surface area contributed by atoms with Gasteiger partial charge < -0.3 is 20.4 Å². The summed E-state index contributed by atoms with van der Waals surface area (Å²) in [6.45, 7) is 12.4. The van der Waals surface area contributed by atoms with Crippen molar-refractivity contribution < 1.29 is 4.79 Å². The monoisotopic (exact) mass is 448 g/mol. The van der Waals surface area contributed by atoms with Gasteiger partial charge in [0.2, 0.25) is 5.91 Å². The van der Waals surface area contributed by atoms with Crippen LogP contribution in [0.25, 0.3) is 0 Å². The van der Waals surface area contributed by atoms with Crippen molar-refractivity contribution in [1.29, 1.82) is 0 Å². The van der Waals surface area contributed by atoms with Crippen LogP contribution in [-0.2, 0) is 4.79 Å². The summed E-state index contributed by atoms with van der Waals surface area (Å²) in [6, 6.07) is 8.37. The molecule has 172 valence electrons. The van der Waals surface area contributed by atoms with Crippen molar-refractivity contribution in [2.24, 2.45) is 4.99 Å². The Balaban J connectivity index is 1.38. The fraction of sp³-hybridized carbons (Fsp3) is 0.652. The van der Waals surface area contributed by atoms with Crippen LogP contribution in [0, 0.1) is 0 Å². The number of likely N-dealkylation sites (tertiary alicyclic amines) is 1. The normalized spacial score (nSPS) is 20.2. The maximum absolute atomic E-state index is 11.9. The van der Waals surface area contributed by atoms with Gasteiger partial charge in [-0.2, -0.15) is 0 Å². The first-order valence-corrected chi connectivity index (χ1v) is 12.0. The van der Waals surface area contributed by atoms with E-state index in [-0.39, 0.29) is 11.9 Å². The molecule has 0 aromatic heterocycles. The summed E-state index contributed by atoms with van der Waals surface area (Å²) in [7, 11) is 0. The SMILES string of the molecule is CCNC(=NCCCN1CCN(c2ccccc2Cl)CC1)NC1CCN(C(=O)CC)C1. The minimum absolute atomic E-state index is 0.237. The van der Waals surface area contributed by atoms with Crippen molar-refractivity contribution in [3.05, 3.63) is 29.3 Å². The van der Waals surface area contributed by atoms with Crippen LogP contribution < -0.4 is 15.5 Å². The Kier molecular flexibility index (Phi) is 9.28. The van der Waals surface area contributed by atoms with E-state index >= 15 is 0 Å². The molecule has 0 radical (unpaired) electrons. The Morgan fingerprint density at radius 2 is 1.94 bits per heavy atom. The predicted octanol–water partition coefficient (Wildman–Crippen LogP) is 2.42. The number of rotatable bonds is 8. The van der Waals surface area contributed by atoms with Crippen molar-refractivity contribution in [2.45, 2.75) is 39.2 Å². The van der Waals surface area contributed by atoms with E-state index < -0.39 is 0 Å². The Bertz CT molecular complexity index is 735. The summed E-state index contributed by atoms with van der Waals surface area (Å²) in [6.07, 6.45) is 2.59. The quantitative estimate of drug-likeness (QED) is 0.363. The molecule has 0 bridgehead atoms. The maximum atomic E-state index is 11.9. The number of hydrogen-bond acceptors (Lipinski definition) is 4. The molecule has 2 fully saturated rings. The number of benzene rings is 1. The van der Waals surface area contributed by atoms with Crippen molar-refractivity contribution in [3.8, 4) is 0 Å². The minimum Gasteiger partial charge on any atom is -0.368 e. The van der Waals surface area contributed by atoms with E-state index in [0.717, 1.165) is 88.4 Å². The Morgan fingerprint density at radius 3 is 2.65 bits per heavy atom. The van der Waals surface area contributed by atoms with Crippen LogP contribution in [0.1, 0.15) is 33.1 Å². The van der Waals surface area contributed by atoms with Gasteiger partial charge in [-0.3, -0.25) is 14.7 Å². The number of piperazine rings is 1. The molecule has 7 nitrogen and oxygen atoms in total. The Labute approximate surface area is 191 Å². The smallest absolute Gasteiger partial charge is 0.222 e. The fourth-order valence-electron chi connectivity index (χ4n) is 4.25. The Hall–Kier alpha value is -1.99. The van der Waals surface area contributed by atoms with Gasteiger partial charge in [-0.05, 0) is 31.9 Å². The van der Waals surface area contributed by atoms with Crippen LogP contribution in [0.15, 0.2) is 29.3 Å². The van der Waals surface area contributed by atoms with E-state index in [4.69, 9.17) is 16.6 Å². The highest BCUT2D eigenvalue weighted by Gasteiger charge is 2.25. The second-order valence-electron chi connectivity index (χ2n) is 8.22. The maximum Gasteiger partial charge on any atom is 0.222 e. The lowest BCUT2D eigenvalue weighted by atomic mass is 10.2. The van der Waals surface area contributed by atoms with E-state index in [9.17, 15) is 4.79 Å². The summed E-state index contributed by atoms with van der Waals surface area (Å²) in [5, 5.41) is 7.68. The van der Waals surface area contributed by atoms with E-state index in [0.29, 0.717) is 6.42 Å². The molecule has 3 rings (SSSR count). The molecular formula is C23H37ClN6O. The molecule has 2 aliphatic heterocycles. The summed E-state index contributed by atoms with van der Waals surface area (Å²) in [5.74, 6) is 1.10. The average Bonchev–Trinajstić information content (AvgIpc) is 3.25. The third-order valence-corrected chi connectivity index (χ3v) is 6.32. The van der Waals surface area contributed by atoms with Crippen molar-refractivity contribution in [3.63, 3.8) is 0 Å². The van der Waals surface area contributed by atoms with Gasteiger partial charge in [0.05, 0.1) is 10.7 Å². The number of halogens is 1. The van der Waals surface area contributed by atoms with Gasteiger partial charge in [0, 0.05) is 71.4 Å². The molecule has 8 heteroatoms. The summed E-state index contributed by atoms with van der Waals surface area (Å²) in [5.41, 5.74) is 1.14. The number of nitrogens with zero attached hydrogens (tertiary/aromatic N) is 4. The number of hydrogen-bond donors (Lipinski definition) is 2. The zero-order valence-corrected chi connectivity index (χ0v) is 19.7. The molecular weight excluding hydrogens is 412 g/mol. The number of anilines is 1. The van der Waals surface area contributed by atoms with Gasteiger partial charge in [-0.15, -0.1) is 0 Å². The third kappa shape index (κ3) is 7.01. The van der Waals surface area contributed by atoms with Gasteiger partial charge in [-0.25, -0.2) is 0 Å². The average molecular weight is 449 g/mol. The summed E-state index contributed by atoms with van der Waals surface area (Å²) in [4.78, 5) is 23.5. The van der Waals surface area contributed by atoms with E-state index in [1.54, 1.807) is 0 Å². The van der Waals surface area contributed by atoms with Crippen LogP contribution >= 0.6 is 11.6 Å². The highest BCUT2D eigenvalue weighted by atomic mass is 35.5. The number of guanidine groups is 1. The van der Waals surface area contributed by atoms with Crippen LogP contribution in [0.3, 0.4) is 0 Å².